The van der Waals surface area contributed by atoms with Crippen molar-refractivity contribution < 1.29 is 14.3 Å². The van der Waals surface area contributed by atoms with E-state index >= 15 is 0 Å². The first-order valence-corrected chi connectivity index (χ1v) is 9.62. The molecule has 3 aliphatic rings. The molecule has 1 atom stereocenters. The number of aromatic nitrogens is 2. The molecule has 4 heterocycles. The van der Waals surface area contributed by atoms with Crippen molar-refractivity contribution in [3.05, 3.63) is 18.0 Å². The molecule has 3 aliphatic heterocycles. The summed E-state index contributed by atoms with van der Waals surface area (Å²) in [5.41, 5.74) is 0.852. The molecule has 1 N–H and O–H groups in total. The van der Waals surface area contributed by atoms with Gasteiger partial charge in [-0.1, -0.05) is 0 Å². The number of hydrogen-bond donors (Lipinski definition) is 1. The molecule has 142 valence electrons. The van der Waals surface area contributed by atoms with Crippen LogP contribution in [0.25, 0.3) is 0 Å². The molecule has 0 aliphatic carbocycles. The Labute approximate surface area is 153 Å². The fraction of sp³-hybridized carbons (Fsp3) is 0.722. The number of carbonyl (C=O) groups excluding carboxylic acids is 1. The Balaban J connectivity index is 1.38. The molecule has 0 radical (unpaired) electrons. The number of hydrogen-bond acceptors (Lipinski definition) is 6. The van der Waals surface area contributed by atoms with Gasteiger partial charge in [-0.25, -0.2) is 14.8 Å². The van der Waals surface area contributed by atoms with E-state index in [0.29, 0.717) is 19.7 Å². The maximum absolute atomic E-state index is 12.6. The molecule has 8 heteroatoms. The van der Waals surface area contributed by atoms with E-state index < -0.39 is 0 Å². The van der Waals surface area contributed by atoms with Crippen LogP contribution < -0.4 is 10.2 Å². The van der Waals surface area contributed by atoms with Crippen molar-refractivity contribution in [1.29, 1.82) is 0 Å². The predicted octanol–water partition coefficient (Wildman–Crippen LogP) is 1.34. The summed E-state index contributed by atoms with van der Waals surface area (Å²) in [6.07, 6.45) is 5.73. The number of carbonyl (C=O) groups is 1. The fourth-order valence-electron chi connectivity index (χ4n) is 3.73. The van der Waals surface area contributed by atoms with E-state index in [1.54, 1.807) is 6.20 Å². The van der Waals surface area contributed by atoms with Crippen molar-refractivity contribution in [2.75, 3.05) is 50.9 Å². The fourth-order valence-corrected chi connectivity index (χ4v) is 3.73. The van der Waals surface area contributed by atoms with Gasteiger partial charge in [0.15, 0.2) is 0 Å². The zero-order valence-electron chi connectivity index (χ0n) is 15.1. The van der Waals surface area contributed by atoms with Crippen LogP contribution in [-0.2, 0) is 9.47 Å². The highest BCUT2D eigenvalue weighted by Gasteiger charge is 2.28. The molecule has 2 amide bonds. The lowest BCUT2D eigenvalue weighted by atomic mass is 10.1. The highest BCUT2D eigenvalue weighted by molar-refractivity contribution is 5.74. The summed E-state index contributed by atoms with van der Waals surface area (Å²) in [4.78, 5) is 25.7. The Morgan fingerprint density at radius 3 is 2.77 bits per heavy atom. The van der Waals surface area contributed by atoms with Crippen LogP contribution in [0.4, 0.5) is 10.7 Å². The summed E-state index contributed by atoms with van der Waals surface area (Å²) in [6, 6.07) is 2.08. The highest BCUT2D eigenvalue weighted by Crippen LogP contribution is 2.23. The quantitative estimate of drug-likeness (QED) is 0.875. The summed E-state index contributed by atoms with van der Waals surface area (Å²) in [5.74, 6) is 0.771. The van der Waals surface area contributed by atoms with Crippen molar-refractivity contribution in [2.45, 2.75) is 37.8 Å². The topological polar surface area (TPSA) is 79.8 Å². The number of urea groups is 1. The lowest BCUT2D eigenvalue weighted by molar-refractivity contribution is -0.0186. The van der Waals surface area contributed by atoms with Crippen LogP contribution >= 0.6 is 0 Å². The SMILES string of the molecule is O=C(NC1CCOCC1)N1CCO[C@H](c2ccnc(N3CCCC3)n2)C1. The van der Waals surface area contributed by atoms with Gasteiger partial charge in [0.05, 0.1) is 18.8 Å². The highest BCUT2D eigenvalue weighted by atomic mass is 16.5. The summed E-state index contributed by atoms with van der Waals surface area (Å²) >= 11 is 0. The number of ether oxygens (including phenoxy) is 2. The minimum atomic E-state index is -0.200. The van der Waals surface area contributed by atoms with Gasteiger partial charge < -0.3 is 24.6 Å². The van der Waals surface area contributed by atoms with Crippen LogP contribution in [-0.4, -0.2) is 72.9 Å². The van der Waals surface area contributed by atoms with E-state index in [1.807, 2.05) is 11.0 Å². The molecule has 1 aromatic rings. The number of morpholine rings is 1. The lowest BCUT2D eigenvalue weighted by Crippen LogP contribution is -2.51. The van der Waals surface area contributed by atoms with E-state index in [2.05, 4.69) is 15.2 Å². The second-order valence-corrected chi connectivity index (χ2v) is 7.12. The third-order valence-electron chi connectivity index (χ3n) is 5.29. The molecule has 0 spiro atoms. The average molecular weight is 361 g/mol. The van der Waals surface area contributed by atoms with E-state index in [-0.39, 0.29) is 18.2 Å². The van der Waals surface area contributed by atoms with Gasteiger partial charge in [-0.15, -0.1) is 0 Å². The molecule has 26 heavy (non-hydrogen) atoms. The van der Waals surface area contributed by atoms with Crippen LogP contribution in [0.3, 0.4) is 0 Å². The average Bonchev–Trinajstić information content (AvgIpc) is 3.24. The van der Waals surface area contributed by atoms with Gasteiger partial charge in [-0.05, 0) is 31.7 Å². The molecule has 3 saturated heterocycles. The van der Waals surface area contributed by atoms with E-state index in [4.69, 9.17) is 14.5 Å². The maximum Gasteiger partial charge on any atom is 0.317 e. The van der Waals surface area contributed by atoms with Gasteiger partial charge in [-0.3, -0.25) is 0 Å². The molecule has 0 saturated carbocycles. The lowest BCUT2D eigenvalue weighted by Gasteiger charge is -2.34. The molecule has 1 aromatic heterocycles. The van der Waals surface area contributed by atoms with Crippen LogP contribution in [0.5, 0.6) is 0 Å². The van der Waals surface area contributed by atoms with Crippen LogP contribution in [0.15, 0.2) is 12.3 Å². The minimum Gasteiger partial charge on any atom is -0.381 e. The van der Waals surface area contributed by atoms with E-state index in [0.717, 1.165) is 50.8 Å². The Morgan fingerprint density at radius 2 is 1.96 bits per heavy atom. The normalized spacial score (nSPS) is 24.7. The third-order valence-corrected chi connectivity index (χ3v) is 5.29. The standard InChI is InChI=1S/C18H27N5O3/c24-18(20-14-4-10-25-11-5-14)23-9-12-26-16(13-23)15-3-6-19-17(21-15)22-7-1-2-8-22/h3,6,14,16H,1-2,4-5,7-13H2,(H,20,24)/t16-/m0/s1. The zero-order chi connectivity index (χ0) is 17.8. The summed E-state index contributed by atoms with van der Waals surface area (Å²) in [7, 11) is 0. The molecule has 0 bridgehead atoms. The number of nitrogens with one attached hydrogen (secondary N) is 1. The molecule has 0 aromatic carbocycles. The summed E-state index contributed by atoms with van der Waals surface area (Å²) in [6.45, 7) is 5.10. The number of amides is 2. The third kappa shape index (κ3) is 4.07. The largest absolute Gasteiger partial charge is 0.381 e. The van der Waals surface area contributed by atoms with Gasteiger partial charge in [0, 0.05) is 45.1 Å². The number of anilines is 1. The van der Waals surface area contributed by atoms with Crippen molar-refractivity contribution in [2.24, 2.45) is 0 Å². The van der Waals surface area contributed by atoms with Crippen molar-refractivity contribution in [1.82, 2.24) is 20.2 Å². The predicted molar refractivity (Wildman–Crippen MR) is 96.1 cm³/mol. The summed E-state index contributed by atoms with van der Waals surface area (Å²) in [5, 5.41) is 3.13. The Morgan fingerprint density at radius 1 is 1.15 bits per heavy atom. The Hall–Kier alpha value is -1.93. The molecular formula is C18H27N5O3. The van der Waals surface area contributed by atoms with Crippen LogP contribution in [0.1, 0.15) is 37.5 Å². The number of rotatable bonds is 3. The zero-order valence-corrected chi connectivity index (χ0v) is 15.1. The Kier molecular flexibility index (Phi) is 5.50. The van der Waals surface area contributed by atoms with Crippen LogP contribution in [0.2, 0.25) is 0 Å². The monoisotopic (exact) mass is 361 g/mol. The van der Waals surface area contributed by atoms with E-state index in [9.17, 15) is 4.79 Å². The van der Waals surface area contributed by atoms with Crippen molar-refractivity contribution in [3.8, 4) is 0 Å². The molecule has 0 unspecified atom stereocenters. The van der Waals surface area contributed by atoms with Gasteiger partial charge in [0.2, 0.25) is 5.95 Å². The molecule has 8 nitrogen and oxygen atoms in total. The first kappa shape index (κ1) is 17.5. The van der Waals surface area contributed by atoms with Crippen molar-refractivity contribution >= 4 is 12.0 Å². The second kappa shape index (κ2) is 8.18. The molecule has 3 fully saturated rings. The van der Waals surface area contributed by atoms with Gasteiger partial charge in [-0.2, -0.15) is 0 Å². The smallest absolute Gasteiger partial charge is 0.317 e. The second-order valence-electron chi connectivity index (χ2n) is 7.12. The maximum atomic E-state index is 12.6. The Bertz CT molecular complexity index is 617. The summed E-state index contributed by atoms with van der Waals surface area (Å²) < 4.78 is 11.3. The van der Waals surface area contributed by atoms with Gasteiger partial charge >= 0.3 is 6.03 Å². The van der Waals surface area contributed by atoms with Gasteiger partial charge in [0.25, 0.3) is 0 Å². The first-order chi connectivity index (χ1) is 12.8. The molecule has 4 rings (SSSR count). The van der Waals surface area contributed by atoms with Gasteiger partial charge in [0.1, 0.15) is 6.10 Å². The molecular weight excluding hydrogens is 334 g/mol. The van der Waals surface area contributed by atoms with E-state index in [1.165, 1.54) is 12.8 Å². The minimum absolute atomic E-state index is 0.0148. The van der Waals surface area contributed by atoms with Crippen LogP contribution in [0, 0.1) is 0 Å². The van der Waals surface area contributed by atoms with Crippen molar-refractivity contribution in [3.63, 3.8) is 0 Å². The first-order valence-electron chi connectivity index (χ1n) is 9.62. The number of nitrogens with zero attached hydrogens (tertiary/aromatic N) is 4.